The van der Waals surface area contributed by atoms with E-state index in [2.05, 4.69) is 6.92 Å². The maximum atomic E-state index is 10.3. The molecule has 0 spiro atoms. The van der Waals surface area contributed by atoms with Crippen LogP contribution < -0.4 is 0 Å². The quantitative estimate of drug-likeness (QED) is 0.194. The summed E-state index contributed by atoms with van der Waals surface area (Å²) >= 11 is 0. The van der Waals surface area contributed by atoms with E-state index in [0.717, 1.165) is 6.42 Å². The summed E-state index contributed by atoms with van der Waals surface area (Å²) in [6.07, 6.45) is 27.3. The van der Waals surface area contributed by atoms with Gasteiger partial charge in [0.2, 0.25) is 0 Å². The molecule has 0 aromatic carbocycles. The van der Waals surface area contributed by atoms with Crippen LogP contribution in [0.3, 0.4) is 0 Å². The summed E-state index contributed by atoms with van der Waals surface area (Å²) in [5.41, 5.74) is 0. The van der Waals surface area contributed by atoms with Crippen LogP contribution in [0.1, 0.15) is 122 Å². The van der Waals surface area contributed by atoms with Gasteiger partial charge in [-0.05, 0) is 12.8 Å². The lowest BCUT2D eigenvalue weighted by Crippen LogP contribution is -1.89. The SMILES string of the molecule is CCCCCCCCCCCCCCCCCC/C=C/CC(=O)O. The zero-order valence-corrected chi connectivity index (χ0v) is 16.2. The number of carboxylic acid groups (broad SMARTS) is 1. The minimum atomic E-state index is -0.738. The van der Waals surface area contributed by atoms with Crippen molar-refractivity contribution >= 4 is 5.97 Å². The van der Waals surface area contributed by atoms with Gasteiger partial charge in [0.15, 0.2) is 0 Å². The Labute approximate surface area is 151 Å². The Morgan fingerprint density at radius 1 is 0.625 bits per heavy atom. The first-order valence-electron chi connectivity index (χ1n) is 10.6. The van der Waals surface area contributed by atoms with Gasteiger partial charge in [-0.25, -0.2) is 0 Å². The fraction of sp³-hybridized carbons (Fsp3) is 0.864. The van der Waals surface area contributed by atoms with Crippen LogP contribution in [0.5, 0.6) is 0 Å². The fourth-order valence-electron chi connectivity index (χ4n) is 3.11. The molecular weight excluding hydrogens is 296 g/mol. The maximum absolute atomic E-state index is 10.3. The normalized spacial score (nSPS) is 11.4. The van der Waals surface area contributed by atoms with Gasteiger partial charge in [0.25, 0.3) is 0 Å². The summed E-state index contributed by atoms with van der Waals surface area (Å²) in [7, 11) is 0. The molecule has 2 heteroatoms. The van der Waals surface area contributed by atoms with Crippen molar-refractivity contribution in [2.24, 2.45) is 0 Å². The van der Waals surface area contributed by atoms with E-state index in [1.165, 1.54) is 103 Å². The summed E-state index contributed by atoms with van der Waals surface area (Å²) in [4.78, 5) is 10.3. The second-order valence-corrected chi connectivity index (χ2v) is 7.16. The molecule has 24 heavy (non-hydrogen) atoms. The molecule has 0 aliphatic heterocycles. The Morgan fingerprint density at radius 3 is 1.38 bits per heavy atom. The van der Waals surface area contributed by atoms with Crippen LogP contribution in [-0.4, -0.2) is 11.1 Å². The third kappa shape index (κ3) is 21.2. The highest BCUT2D eigenvalue weighted by Gasteiger charge is 1.94. The van der Waals surface area contributed by atoms with Crippen LogP contribution in [0.25, 0.3) is 0 Å². The number of hydrogen-bond acceptors (Lipinski definition) is 1. The standard InChI is InChI=1S/C22H42O2/c1-2-3-4-5-6-7-8-9-10-11-12-13-14-15-16-17-18-19-20-21-22(23)24/h19-20H,2-18,21H2,1H3,(H,23,24)/b20-19+. The van der Waals surface area contributed by atoms with E-state index >= 15 is 0 Å². The van der Waals surface area contributed by atoms with E-state index in [-0.39, 0.29) is 6.42 Å². The third-order valence-corrected chi connectivity index (χ3v) is 4.68. The first-order valence-corrected chi connectivity index (χ1v) is 10.6. The van der Waals surface area contributed by atoms with Gasteiger partial charge < -0.3 is 5.11 Å². The molecule has 0 rings (SSSR count). The van der Waals surface area contributed by atoms with Gasteiger partial charge >= 0.3 is 5.97 Å². The zero-order valence-electron chi connectivity index (χ0n) is 16.2. The van der Waals surface area contributed by atoms with E-state index in [9.17, 15) is 4.79 Å². The molecule has 2 nitrogen and oxygen atoms in total. The van der Waals surface area contributed by atoms with Crippen molar-refractivity contribution in [3.8, 4) is 0 Å². The van der Waals surface area contributed by atoms with Gasteiger partial charge in [-0.3, -0.25) is 4.79 Å². The fourth-order valence-corrected chi connectivity index (χ4v) is 3.11. The van der Waals surface area contributed by atoms with Crippen molar-refractivity contribution in [2.45, 2.75) is 122 Å². The van der Waals surface area contributed by atoms with Gasteiger partial charge in [-0.15, -0.1) is 0 Å². The van der Waals surface area contributed by atoms with Gasteiger partial charge in [0, 0.05) is 0 Å². The van der Waals surface area contributed by atoms with E-state index in [1.807, 2.05) is 6.08 Å². The van der Waals surface area contributed by atoms with Crippen molar-refractivity contribution < 1.29 is 9.90 Å². The van der Waals surface area contributed by atoms with Gasteiger partial charge in [-0.1, -0.05) is 115 Å². The van der Waals surface area contributed by atoms with Gasteiger partial charge in [-0.2, -0.15) is 0 Å². The number of allylic oxidation sites excluding steroid dienone is 1. The Morgan fingerprint density at radius 2 is 1.00 bits per heavy atom. The highest BCUT2D eigenvalue weighted by atomic mass is 16.4. The summed E-state index contributed by atoms with van der Waals surface area (Å²) in [6, 6.07) is 0. The Hall–Kier alpha value is -0.790. The van der Waals surface area contributed by atoms with E-state index < -0.39 is 5.97 Å². The van der Waals surface area contributed by atoms with Crippen LogP contribution in [0, 0.1) is 0 Å². The van der Waals surface area contributed by atoms with E-state index in [0.29, 0.717) is 0 Å². The van der Waals surface area contributed by atoms with Crippen LogP contribution in [0.15, 0.2) is 12.2 Å². The molecule has 0 fully saturated rings. The minimum absolute atomic E-state index is 0.166. The van der Waals surface area contributed by atoms with Gasteiger partial charge in [0.1, 0.15) is 0 Å². The molecular formula is C22H42O2. The van der Waals surface area contributed by atoms with Crippen LogP contribution >= 0.6 is 0 Å². The average Bonchev–Trinajstić information content (AvgIpc) is 2.56. The first kappa shape index (κ1) is 23.2. The Kier molecular flexibility index (Phi) is 19.6. The molecule has 0 atom stereocenters. The molecule has 0 amide bonds. The molecule has 0 bridgehead atoms. The van der Waals surface area contributed by atoms with Crippen LogP contribution in [-0.2, 0) is 4.79 Å². The van der Waals surface area contributed by atoms with Gasteiger partial charge in [0.05, 0.1) is 6.42 Å². The minimum Gasteiger partial charge on any atom is -0.481 e. The number of carboxylic acids is 1. The number of aliphatic carboxylic acids is 1. The lowest BCUT2D eigenvalue weighted by molar-refractivity contribution is -0.136. The van der Waals surface area contributed by atoms with E-state index in [4.69, 9.17) is 5.11 Å². The zero-order chi connectivity index (χ0) is 17.7. The smallest absolute Gasteiger partial charge is 0.307 e. The number of unbranched alkanes of at least 4 members (excludes halogenated alkanes) is 16. The summed E-state index contributed by atoms with van der Waals surface area (Å²) in [5.74, 6) is -0.738. The molecule has 0 aromatic rings. The molecule has 1 N–H and O–H groups in total. The molecule has 0 aromatic heterocycles. The predicted octanol–water partition coefficient (Wildman–Crippen LogP) is 7.67. The second kappa shape index (κ2) is 20.3. The molecule has 0 radical (unpaired) electrons. The summed E-state index contributed by atoms with van der Waals surface area (Å²) in [6.45, 7) is 2.28. The molecule has 0 saturated carbocycles. The van der Waals surface area contributed by atoms with Crippen LogP contribution in [0.2, 0.25) is 0 Å². The molecule has 0 unspecified atom stereocenters. The van der Waals surface area contributed by atoms with Crippen molar-refractivity contribution in [3.05, 3.63) is 12.2 Å². The number of rotatable bonds is 19. The lowest BCUT2D eigenvalue weighted by Gasteiger charge is -2.03. The van der Waals surface area contributed by atoms with Crippen LogP contribution in [0.4, 0.5) is 0 Å². The number of carbonyl (C=O) groups is 1. The lowest BCUT2D eigenvalue weighted by atomic mass is 10.0. The second-order valence-electron chi connectivity index (χ2n) is 7.16. The maximum Gasteiger partial charge on any atom is 0.307 e. The number of hydrogen-bond donors (Lipinski definition) is 1. The Balaban J connectivity index is 3.02. The summed E-state index contributed by atoms with van der Waals surface area (Å²) < 4.78 is 0. The molecule has 0 aliphatic carbocycles. The van der Waals surface area contributed by atoms with Crippen molar-refractivity contribution in [1.29, 1.82) is 0 Å². The average molecular weight is 339 g/mol. The third-order valence-electron chi connectivity index (χ3n) is 4.68. The van der Waals surface area contributed by atoms with Crippen molar-refractivity contribution in [1.82, 2.24) is 0 Å². The van der Waals surface area contributed by atoms with Crippen molar-refractivity contribution in [3.63, 3.8) is 0 Å². The molecule has 0 aliphatic rings. The topological polar surface area (TPSA) is 37.3 Å². The summed E-state index contributed by atoms with van der Waals surface area (Å²) in [5, 5.41) is 8.51. The molecule has 0 saturated heterocycles. The monoisotopic (exact) mass is 338 g/mol. The van der Waals surface area contributed by atoms with E-state index in [1.54, 1.807) is 6.08 Å². The Bertz CT molecular complexity index is 284. The first-order chi connectivity index (χ1) is 11.8. The predicted molar refractivity (Wildman–Crippen MR) is 106 cm³/mol. The highest BCUT2D eigenvalue weighted by Crippen LogP contribution is 2.14. The largest absolute Gasteiger partial charge is 0.481 e. The molecule has 142 valence electrons. The van der Waals surface area contributed by atoms with Crippen molar-refractivity contribution in [2.75, 3.05) is 0 Å². The highest BCUT2D eigenvalue weighted by molar-refractivity contribution is 5.68. The molecule has 0 heterocycles.